The van der Waals surface area contributed by atoms with Gasteiger partial charge in [-0.05, 0) is 70.0 Å². The third-order valence-electron chi connectivity index (χ3n) is 11.0. The van der Waals surface area contributed by atoms with E-state index in [9.17, 15) is 10.1 Å². The normalized spacial score (nSPS) is 18.8. The number of hydrogen-bond donors (Lipinski definition) is 1. The van der Waals surface area contributed by atoms with Crippen LogP contribution in [0.4, 0.5) is 19.5 Å². The zero-order valence-electron chi connectivity index (χ0n) is 29.1. The molecule has 0 spiro atoms. The maximum absolute atomic E-state index is 17.4. The van der Waals surface area contributed by atoms with E-state index in [1.807, 2.05) is 17.9 Å². The maximum atomic E-state index is 17.4. The number of rotatable bonds is 6. The molecule has 2 fully saturated rings. The number of nitrogens with zero attached hydrogens (tertiary/aromatic N) is 6. The quantitative estimate of drug-likeness (QED) is 0.194. The summed E-state index contributed by atoms with van der Waals surface area (Å²) in [6.07, 6.45) is 4.90. The zero-order valence-corrected chi connectivity index (χ0v) is 30.7. The van der Waals surface area contributed by atoms with Gasteiger partial charge >= 0.3 is 0 Å². The molecule has 10 nitrogen and oxygen atoms in total. The lowest BCUT2D eigenvalue weighted by Crippen LogP contribution is -2.48. The van der Waals surface area contributed by atoms with Crippen molar-refractivity contribution in [3.05, 3.63) is 64.4 Å². The minimum absolute atomic E-state index is 0.00516. The van der Waals surface area contributed by atoms with Crippen molar-refractivity contribution in [1.82, 2.24) is 19.6 Å². The first-order valence-corrected chi connectivity index (χ1v) is 18.7. The fraction of sp³-hybridized carbons (Fsp3) is 0.395. The Morgan fingerprint density at radius 1 is 1.13 bits per heavy atom. The molecule has 0 unspecified atom stereocenters. The highest BCUT2D eigenvalue weighted by atomic mass is 35.5. The Hall–Kier alpha value is -4.64. The maximum Gasteiger partial charge on any atom is 0.272 e. The van der Waals surface area contributed by atoms with Crippen LogP contribution in [0.25, 0.3) is 32.0 Å². The summed E-state index contributed by atoms with van der Waals surface area (Å²) in [5.41, 5.74) is 7.75. The first-order chi connectivity index (χ1) is 25.1. The number of benzene rings is 3. The number of piperidine rings is 1. The molecule has 2 N–H and O–H groups in total. The highest BCUT2D eigenvalue weighted by molar-refractivity contribution is 7.23. The summed E-state index contributed by atoms with van der Waals surface area (Å²) in [6, 6.07) is 10.4. The van der Waals surface area contributed by atoms with Crippen LogP contribution in [0.2, 0.25) is 5.02 Å². The van der Waals surface area contributed by atoms with E-state index in [4.69, 9.17) is 26.8 Å². The van der Waals surface area contributed by atoms with Crippen molar-refractivity contribution in [2.75, 3.05) is 50.5 Å². The predicted octanol–water partition coefficient (Wildman–Crippen LogP) is 7.21. The number of aromatic nitrogens is 2. The first kappa shape index (κ1) is 34.4. The third kappa shape index (κ3) is 5.59. The lowest BCUT2D eigenvalue weighted by atomic mass is 9.93. The Bertz CT molecular complexity index is 2280. The number of anilines is 2. The predicted molar refractivity (Wildman–Crippen MR) is 200 cm³/mol. The molecule has 3 aliphatic heterocycles. The molecule has 0 bridgehead atoms. The third-order valence-corrected chi connectivity index (χ3v) is 12.3. The number of thiophene rings is 1. The van der Waals surface area contributed by atoms with Crippen molar-refractivity contribution >= 4 is 60.4 Å². The Kier molecular flexibility index (Phi) is 8.88. The van der Waals surface area contributed by atoms with Crippen LogP contribution in [0, 0.1) is 23.0 Å². The molecular weight excluding hydrogens is 708 g/mol. The van der Waals surface area contributed by atoms with Crippen LogP contribution < -0.4 is 20.1 Å². The minimum Gasteiger partial charge on any atom is -0.489 e. The van der Waals surface area contributed by atoms with E-state index in [0.29, 0.717) is 55.1 Å². The fourth-order valence-electron chi connectivity index (χ4n) is 8.34. The number of carbonyl (C=O) groups excluding carboxylic acids is 1. The number of likely N-dealkylation sites (tertiary alicyclic amines) is 2. The summed E-state index contributed by atoms with van der Waals surface area (Å²) in [6.45, 7) is 4.86. The van der Waals surface area contributed by atoms with E-state index in [-0.39, 0.29) is 72.9 Å². The standard InChI is InChI=1S/C38H38ClF2N7O3S/c1-20(27-5-4-12-45(27)2)51-22-17-24-31-29(18-22)48(21-9-13-47(14-10-21)38(49)28-8-11-44-46(28)3)15-16-50-35(31)33(39)32(34(24)41)23-6-7-26(40)36-30(23)25(19-42)37(43)52-36/h6-8,11,17-18,20-21,27H,4-5,9-10,12-16,43H2,1-3H3/t20-,27-/m0/s1. The number of halogens is 3. The van der Waals surface area contributed by atoms with Gasteiger partial charge in [-0.15, -0.1) is 11.3 Å². The van der Waals surface area contributed by atoms with E-state index in [0.717, 1.165) is 36.4 Å². The second kappa shape index (κ2) is 13.4. The average molecular weight is 746 g/mol. The largest absolute Gasteiger partial charge is 0.489 e. The van der Waals surface area contributed by atoms with Crippen LogP contribution in [-0.2, 0) is 7.05 Å². The summed E-state index contributed by atoms with van der Waals surface area (Å²) in [5, 5.41) is 15.3. The number of nitrogen functional groups attached to an aromatic ring is 1. The molecule has 3 aliphatic rings. The molecule has 2 saturated heterocycles. The van der Waals surface area contributed by atoms with E-state index >= 15 is 8.78 Å². The highest BCUT2D eigenvalue weighted by Crippen LogP contribution is 2.52. The highest BCUT2D eigenvalue weighted by Gasteiger charge is 2.35. The van der Waals surface area contributed by atoms with Crippen LogP contribution in [0.5, 0.6) is 11.5 Å². The van der Waals surface area contributed by atoms with Gasteiger partial charge in [0.15, 0.2) is 0 Å². The second-order valence-corrected chi connectivity index (χ2v) is 15.3. The molecule has 5 heterocycles. The Morgan fingerprint density at radius 3 is 2.62 bits per heavy atom. The summed E-state index contributed by atoms with van der Waals surface area (Å²) < 4.78 is 47.3. The van der Waals surface area contributed by atoms with E-state index in [1.54, 1.807) is 30.1 Å². The average Bonchev–Trinajstić information content (AvgIpc) is 3.82. The summed E-state index contributed by atoms with van der Waals surface area (Å²) in [7, 11) is 3.85. The minimum atomic E-state index is -0.635. The molecule has 52 heavy (non-hydrogen) atoms. The lowest BCUT2D eigenvalue weighted by Gasteiger charge is -2.39. The molecule has 14 heteroatoms. The summed E-state index contributed by atoms with van der Waals surface area (Å²) in [5.74, 6) is -0.439. The molecule has 2 atom stereocenters. The number of nitriles is 1. The van der Waals surface area contributed by atoms with Gasteiger partial charge in [0, 0.05) is 60.8 Å². The fourth-order valence-corrected chi connectivity index (χ4v) is 9.62. The molecule has 3 aromatic carbocycles. The number of amides is 1. The van der Waals surface area contributed by atoms with Gasteiger partial charge in [0.2, 0.25) is 0 Å². The smallest absolute Gasteiger partial charge is 0.272 e. The summed E-state index contributed by atoms with van der Waals surface area (Å²) >= 11 is 8.09. The van der Waals surface area contributed by atoms with E-state index in [1.165, 1.54) is 12.1 Å². The molecule has 2 aromatic heterocycles. The van der Waals surface area contributed by atoms with Gasteiger partial charge in [-0.2, -0.15) is 10.4 Å². The number of ether oxygens (including phenoxy) is 2. The molecule has 1 amide bonds. The van der Waals surface area contributed by atoms with Crippen molar-refractivity contribution in [1.29, 1.82) is 5.26 Å². The molecular formula is C38H38ClF2N7O3S. The summed E-state index contributed by atoms with van der Waals surface area (Å²) in [4.78, 5) is 19.7. The lowest BCUT2D eigenvalue weighted by molar-refractivity contribution is 0.0700. The zero-order chi connectivity index (χ0) is 36.4. The van der Waals surface area contributed by atoms with Crippen LogP contribution in [0.15, 0.2) is 36.5 Å². The van der Waals surface area contributed by atoms with E-state index < -0.39 is 11.6 Å². The van der Waals surface area contributed by atoms with Gasteiger partial charge in [-0.25, -0.2) is 8.78 Å². The topological polar surface area (TPSA) is 113 Å². The van der Waals surface area contributed by atoms with Gasteiger partial charge in [-0.1, -0.05) is 17.7 Å². The van der Waals surface area contributed by atoms with Crippen LogP contribution in [0.1, 0.15) is 48.7 Å². The molecule has 0 radical (unpaired) electrons. The molecule has 0 aliphatic carbocycles. The van der Waals surface area contributed by atoms with Crippen molar-refractivity contribution in [3.63, 3.8) is 0 Å². The van der Waals surface area contributed by atoms with Gasteiger partial charge in [-0.3, -0.25) is 14.4 Å². The number of nitrogens with two attached hydrogens (primary N) is 1. The Labute approximate surface area is 308 Å². The van der Waals surface area contributed by atoms with Crippen molar-refractivity contribution in [2.45, 2.75) is 50.8 Å². The van der Waals surface area contributed by atoms with Gasteiger partial charge in [0.05, 0.1) is 32.9 Å². The number of aryl methyl sites for hydroxylation is 1. The second-order valence-electron chi connectivity index (χ2n) is 13.9. The SMILES string of the molecule is C[C@H](Oc1cc2c3c(c(Cl)c(-c4ccc(F)c5sc(N)c(C#N)c45)c(F)c3c1)OCCN2C1CCN(C(=O)c2ccnn2C)CC1)[C@@H]1CCCN1C. The molecule has 5 aromatic rings. The number of fused-ring (bicyclic) bond motifs is 1. The molecule has 270 valence electrons. The first-order valence-electron chi connectivity index (χ1n) is 17.5. The Morgan fingerprint density at radius 2 is 1.92 bits per heavy atom. The van der Waals surface area contributed by atoms with Crippen molar-refractivity contribution < 1.29 is 23.0 Å². The molecule has 8 rings (SSSR count). The van der Waals surface area contributed by atoms with Gasteiger partial charge in [0.25, 0.3) is 5.91 Å². The van der Waals surface area contributed by atoms with Crippen molar-refractivity contribution in [2.24, 2.45) is 7.05 Å². The monoisotopic (exact) mass is 745 g/mol. The Balaban J connectivity index is 1.26. The number of carbonyl (C=O) groups is 1. The van der Waals surface area contributed by atoms with Gasteiger partial charge < -0.3 is 25.0 Å². The van der Waals surface area contributed by atoms with Gasteiger partial charge in [0.1, 0.15) is 52.6 Å². The van der Waals surface area contributed by atoms with Crippen LogP contribution in [0.3, 0.4) is 0 Å². The van der Waals surface area contributed by atoms with Crippen LogP contribution >= 0.6 is 22.9 Å². The van der Waals surface area contributed by atoms with E-state index in [2.05, 4.69) is 28.0 Å². The number of likely N-dealkylation sites (N-methyl/N-ethyl adjacent to an activating group) is 1. The van der Waals surface area contributed by atoms with Crippen LogP contribution in [-0.4, -0.2) is 83.5 Å². The molecule has 0 saturated carbocycles. The van der Waals surface area contributed by atoms with Crippen molar-refractivity contribution in [3.8, 4) is 28.7 Å². The number of hydrogen-bond acceptors (Lipinski definition) is 9.